The van der Waals surface area contributed by atoms with E-state index in [1.54, 1.807) is 17.0 Å². The molecule has 0 spiro atoms. The molecule has 1 aromatic rings. The van der Waals surface area contributed by atoms with Crippen molar-refractivity contribution in [2.24, 2.45) is 11.7 Å². The van der Waals surface area contributed by atoms with Gasteiger partial charge >= 0.3 is 5.97 Å². The van der Waals surface area contributed by atoms with Crippen LogP contribution in [0.1, 0.15) is 10.4 Å². The van der Waals surface area contributed by atoms with E-state index in [-0.39, 0.29) is 29.9 Å². The monoisotopic (exact) mass is 292 g/mol. The number of nitrogens with two attached hydrogens (primary N) is 1. The number of carbonyl (C=O) groups excluding carboxylic acids is 1. The van der Waals surface area contributed by atoms with Crippen molar-refractivity contribution >= 4 is 17.6 Å². The van der Waals surface area contributed by atoms with Gasteiger partial charge < -0.3 is 25.2 Å². The maximum Gasteiger partial charge on any atom is 0.339 e. The fourth-order valence-electron chi connectivity index (χ4n) is 2.67. The number of anilines is 1. The van der Waals surface area contributed by atoms with Crippen LogP contribution >= 0.6 is 0 Å². The molecule has 1 aromatic carbocycles. The third kappa shape index (κ3) is 2.34. The van der Waals surface area contributed by atoms with Gasteiger partial charge in [-0.2, -0.15) is 0 Å². The van der Waals surface area contributed by atoms with Crippen molar-refractivity contribution < 1.29 is 24.2 Å². The van der Waals surface area contributed by atoms with Crippen molar-refractivity contribution in [1.29, 1.82) is 0 Å². The topological polar surface area (TPSA) is 102 Å². The zero-order chi connectivity index (χ0) is 15.0. The predicted octanol–water partition coefficient (Wildman–Crippen LogP) is 0.0839. The number of benzene rings is 1. The van der Waals surface area contributed by atoms with Crippen LogP contribution in [0.5, 0.6) is 5.75 Å². The highest BCUT2D eigenvalue weighted by molar-refractivity contribution is 6.01. The van der Waals surface area contributed by atoms with E-state index in [9.17, 15) is 14.7 Å². The summed E-state index contributed by atoms with van der Waals surface area (Å²) in [7, 11) is 0. The number of ether oxygens (including phenoxy) is 2. The van der Waals surface area contributed by atoms with Crippen molar-refractivity contribution in [3.8, 4) is 5.75 Å². The number of carboxylic acids is 1. The van der Waals surface area contributed by atoms with Crippen LogP contribution in [0.2, 0.25) is 0 Å². The van der Waals surface area contributed by atoms with Crippen LogP contribution in [0.25, 0.3) is 0 Å². The molecular weight excluding hydrogens is 276 g/mol. The molecule has 21 heavy (non-hydrogen) atoms. The van der Waals surface area contributed by atoms with Gasteiger partial charge in [-0.1, -0.05) is 6.07 Å². The Morgan fingerprint density at radius 1 is 1.33 bits per heavy atom. The van der Waals surface area contributed by atoms with Crippen molar-refractivity contribution in [2.45, 2.75) is 6.04 Å². The number of fused-ring (bicyclic) bond motifs is 1. The molecule has 0 aliphatic carbocycles. The molecule has 7 nitrogen and oxygen atoms in total. The average molecular weight is 292 g/mol. The Bertz CT molecular complexity index is 589. The fraction of sp³-hybridized carbons (Fsp3) is 0.429. The van der Waals surface area contributed by atoms with Crippen LogP contribution in [0, 0.1) is 5.92 Å². The van der Waals surface area contributed by atoms with E-state index in [0.29, 0.717) is 25.4 Å². The molecule has 1 fully saturated rings. The summed E-state index contributed by atoms with van der Waals surface area (Å²) in [6.07, 6.45) is 0. The van der Waals surface area contributed by atoms with Gasteiger partial charge in [0.15, 0.2) is 5.75 Å². The summed E-state index contributed by atoms with van der Waals surface area (Å²) in [4.78, 5) is 25.4. The molecule has 2 atom stereocenters. The van der Waals surface area contributed by atoms with Gasteiger partial charge in [-0.25, -0.2) is 4.79 Å². The Kier molecular flexibility index (Phi) is 3.52. The molecule has 0 saturated carbocycles. The number of para-hydroxylation sites is 1. The normalized spacial score (nSPS) is 24.3. The summed E-state index contributed by atoms with van der Waals surface area (Å²) in [5, 5.41) is 9.20. The maximum atomic E-state index is 12.6. The summed E-state index contributed by atoms with van der Waals surface area (Å²) in [6, 6.07) is 4.41. The SMILES string of the molecule is NC1COCC1C(=O)N1CCOc2c(C(=O)O)cccc21. The number of hydrogen-bond donors (Lipinski definition) is 2. The van der Waals surface area contributed by atoms with Gasteiger partial charge in [-0.3, -0.25) is 4.79 Å². The highest BCUT2D eigenvalue weighted by Gasteiger charge is 2.37. The van der Waals surface area contributed by atoms with Gasteiger partial charge in [0.05, 0.1) is 31.4 Å². The second-order valence-electron chi connectivity index (χ2n) is 5.11. The van der Waals surface area contributed by atoms with E-state index in [4.69, 9.17) is 15.2 Å². The van der Waals surface area contributed by atoms with Crippen molar-refractivity contribution in [3.05, 3.63) is 23.8 Å². The Balaban J connectivity index is 1.95. The average Bonchev–Trinajstić information content (AvgIpc) is 2.91. The van der Waals surface area contributed by atoms with E-state index in [2.05, 4.69) is 0 Å². The lowest BCUT2D eigenvalue weighted by Crippen LogP contribution is -2.46. The van der Waals surface area contributed by atoms with Crippen LogP contribution in [0.15, 0.2) is 18.2 Å². The van der Waals surface area contributed by atoms with Gasteiger partial charge in [-0.15, -0.1) is 0 Å². The first-order valence-corrected chi connectivity index (χ1v) is 6.73. The number of amides is 1. The van der Waals surface area contributed by atoms with Crippen molar-refractivity contribution in [1.82, 2.24) is 0 Å². The Morgan fingerprint density at radius 2 is 2.14 bits per heavy atom. The van der Waals surface area contributed by atoms with E-state index >= 15 is 0 Å². The van der Waals surface area contributed by atoms with E-state index < -0.39 is 11.9 Å². The predicted molar refractivity (Wildman–Crippen MR) is 73.5 cm³/mol. The van der Waals surface area contributed by atoms with Gasteiger partial charge in [0, 0.05) is 6.04 Å². The quantitative estimate of drug-likeness (QED) is 0.800. The number of carbonyl (C=O) groups is 2. The molecule has 3 N–H and O–H groups in total. The molecule has 2 aliphatic heterocycles. The standard InChI is InChI=1S/C14H16N2O5/c15-10-7-20-6-9(10)13(17)16-4-5-21-12-8(14(18)19)2-1-3-11(12)16/h1-3,9-10H,4-7,15H2,(H,18,19). The molecular formula is C14H16N2O5. The molecule has 0 radical (unpaired) electrons. The molecule has 7 heteroatoms. The molecule has 0 bridgehead atoms. The number of rotatable bonds is 2. The second kappa shape index (κ2) is 5.34. The van der Waals surface area contributed by atoms with Crippen LogP contribution < -0.4 is 15.4 Å². The highest BCUT2D eigenvalue weighted by atomic mass is 16.5. The third-order valence-corrected chi connectivity index (χ3v) is 3.78. The number of nitrogens with zero attached hydrogens (tertiary/aromatic N) is 1. The lowest BCUT2D eigenvalue weighted by molar-refractivity contribution is -0.122. The molecule has 1 saturated heterocycles. The first-order chi connectivity index (χ1) is 10.1. The maximum absolute atomic E-state index is 12.6. The summed E-state index contributed by atoms with van der Waals surface area (Å²) in [5.41, 5.74) is 6.42. The fourth-order valence-corrected chi connectivity index (χ4v) is 2.67. The van der Waals surface area contributed by atoms with E-state index in [0.717, 1.165) is 0 Å². The molecule has 3 rings (SSSR count). The molecule has 2 heterocycles. The van der Waals surface area contributed by atoms with Gasteiger partial charge in [0.25, 0.3) is 0 Å². The largest absolute Gasteiger partial charge is 0.489 e. The third-order valence-electron chi connectivity index (χ3n) is 3.78. The summed E-state index contributed by atoms with van der Waals surface area (Å²) in [6.45, 7) is 1.29. The summed E-state index contributed by atoms with van der Waals surface area (Å²) >= 11 is 0. The minimum Gasteiger partial charge on any atom is -0.489 e. The summed E-state index contributed by atoms with van der Waals surface area (Å²) < 4.78 is 10.7. The van der Waals surface area contributed by atoms with Crippen molar-refractivity contribution in [3.63, 3.8) is 0 Å². The van der Waals surface area contributed by atoms with Crippen LogP contribution in [-0.2, 0) is 9.53 Å². The van der Waals surface area contributed by atoms with Gasteiger partial charge in [0.1, 0.15) is 12.2 Å². The molecule has 2 unspecified atom stereocenters. The molecule has 0 aromatic heterocycles. The van der Waals surface area contributed by atoms with Crippen LogP contribution in [-0.4, -0.2) is 49.4 Å². The van der Waals surface area contributed by atoms with Crippen molar-refractivity contribution in [2.75, 3.05) is 31.3 Å². The minimum absolute atomic E-state index is 0.0528. The highest BCUT2D eigenvalue weighted by Crippen LogP contribution is 2.36. The van der Waals surface area contributed by atoms with Crippen LogP contribution in [0.3, 0.4) is 0 Å². The number of aromatic carboxylic acids is 1. The van der Waals surface area contributed by atoms with Gasteiger partial charge in [0.2, 0.25) is 5.91 Å². The number of hydrogen-bond acceptors (Lipinski definition) is 5. The molecule has 2 aliphatic rings. The first kappa shape index (κ1) is 13.8. The first-order valence-electron chi connectivity index (χ1n) is 6.73. The Morgan fingerprint density at radius 3 is 2.81 bits per heavy atom. The second-order valence-corrected chi connectivity index (χ2v) is 5.11. The van der Waals surface area contributed by atoms with E-state index in [1.807, 2.05) is 0 Å². The van der Waals surface area contributed by atoms with Crippen LogP contribution in [0.4, 0.5) is 5.69 Å². The zero-order valence-electron chi connectivity index (χ0n) is 11.3. The minimum atomic E-state index is -1.08. The number of carboxylic acid groups (broad SMARTS) is 1. The zero-order valence-corrected chi connectivity index (χ0v) is 11.3. The smallest absolute Gasteiger partial charge is 0.339 e. The lowest BCUT2D eigenvalue weighted by atomic mass is 10.0. The Hall–Kier alpha value is -2.12. The lowest BCUT2D eigenvalue weighted by Gasteiger charge is -2.32. The molecule has 112 valence electrons. The summed E-state index contributed by atoms with van der Waals surface area (Å²) in [5.74, 6) is -1.39. The van der Waals surface area contributed by atoms with Gasteiger partial charge in [-0.05, 0) is 12.1 Å². The van der Waals surface area contributed by atoms with E-state index in [1.165, 1.54) is 6.07 Å². The Labute approximate surface area is 121 Å². The molecule has 1 amide bonds.